The van der Waals surface area contributed by atoms with Crippen LogP contribution in [0.3, 0.4) is 0 Å². The fourth-order valence-corrected chi connectivity index (χ4v) is 2.25. The summed E-state index contributed by atoms with van der Waals surface area (Å²) in [7, 11) is 0. The highest BCUT2D eigenvalue weighted by atomic mass is 35.5. The van der Waals surface area contributed by atoms with Crippen LogP contribution in [-0.4, -0.2) is 49.5 Å². The fraction of sp³-hybridized carbons (Fsp3) is 0.400. The van der Waals surface area contributed by atoms with Gasteiger partial charge in [-0.3, -0.25) is 5.32 Å². The predicted octanol–water partition coefficient (Wildman–Crippen LogP) is 2.55. The van der Waals surface area contributed by atoms with Crippen LogP contribution in [0.1, 0.15) is 20.8 Å². The van der Waals surface area contributed by atoms with Crippen LogP contribution < -0.4 is 5.32 Å². The molecular weight excluding hydrogens is 318 g/mol. The normalized spacial score (nSPS) is 11.3. The van der Waals surface area contributed by atoms with Crippen molar-refractivity contribution >= 4 is 23.4 Å². The smallest absolute Gasteiger partial charge is 0.323 e. The van der Waals surface area contributed by atoms with E-state index in [9.17, 15) is 9.90 Å². The Morgan fingerprint density at radius 2 is 2.22 bits per heavy atom. The van der Waals surface area contributed by atoms with E-state index in [0.717, 1.165) is 0 Å². The van der Waals surface area contributed by atoms with Gasteiger partial charge in [0.2, 0.25) is 0 Å². The predicted molar refractivity (Wildman–Crippen MR) is 88.9 cm³/mol. The maximum Gasteiger partial charge on any atom is 0.323 e. The Morgan fingerprint density at radius 3 is 2.83 bits per heavy atom. The zero-order valence-electron chi connectivity index (χ0n) is 13.3. The molecule has 2 N–H and O–H groups in total. The van der Waals surface area contributed by atoms with E-state index >= 15 is 0 Å². The Bertz CT molecular complexity index is 681. The highest BCUT2D eigenvalue weighted by molar-refractivity contribution is 6.32. The number of urea groups is 1. The van der Waals surface area contributed by atoms with E-state index in [1.54, 1.807) is 44.4 Å². The largest absolute Gasteiger partial charge is 0.389 e. The molecule has 0 spiro atoms. The molecule has 2 heterocycles. The number of anilines is 1. The molecule has 23 heavy (non-hydrogen) atoms. The van der Waals surface area contributed by atoms with Gasteiger partial charge in [-0.05, 0) is 32.9 Å². The van der Waals surface area contributed by atoms with Crippen LogP contribution >= 0.6 is 11.6 Å². The number of hydrogen-bond acceptors (Lipinski definition) is 4. The summed E-state index contributed by atoms with van der Waals surface area (Å²) in [5.74, 6) is 0.865. The maximum atomic E-state index is 12.2. The zero-order chi connectivity index (χ0) is 17.0. The molecule has 0 unspecified atom stereocenters. The van der Waals surface area contributed by atoms with Gasteiger partial charge in [0.05, 0.1) is 17.2 Å². The number of pyridine rings is 1. The van der Waals surface area contributed by atoms with E-state index in [1.807, 2.05) is 6.92 Å². The second-order valence-corrected chi connectivity index (χ2v) is 6.12. The van der Waals surface area contributed by atoms with Crippen LogP contribution in [0, 0.1) is 0 Å². The Kier molecular flexibility index (Phi) is 5.23. The number of nitrogens with zero attached hydrogens (tertiary/aromatic N) is 4. The van der Waals surface area contributed by atoms with Crippen molar-refractivity contribution in [2.24, 2.45) is 0 Å². The van der Waals surface area contributed by atoms with Gasteiger partial charge < -0.3 is 10.0 Å². The number of amides is 2. The number of aromatic nitrogens is 3. The topological polar surface area (TPSA) is 83.3 Å². The second kappa shape index (κ2) is 6.97. The number of rotatable bonds is 5. The van der Waals surface area contributed by atoms with Gasteiger partial charge in [-0.2, -0.15) is 0 Å². The monoisotopic (exact) mass is 337 g/mol. The third-order valence-electron chi connectivity index (χ3n) is 3.03. The minimum Gasteiger partial charge on any atom is -0.389 e. The number of nitrogens with one attached hydrogen (secondary N) is 1. The molecule has 0 fully saturated rings. The van der Waals surface area contributed by atoms with Crippen molar-refractivity contribution in [2.45, 2.75) is 26.4 Å². The van der Waals surface area contributed by atoms with Crippen molar-refractivity contribution < 1.29 is 9.90 Å². The molecule has 124 valence electrons. The average molecular weight is 338 g/mol. The van der Waals surface area contributed by atoms with Gasteiger partial charge in [-0.25, -0.2) is 14.5 Å². The zero-order valence-corrected chi connectivity index (χ0v) is 14.1. The number of carbonyl (C=O) groups excluding carboxylic acids is 1. The number of aliphatic hydroxyl groups is 1. The lowest BCUT2D eigenvalue weighted by Gasteiger charge is -2.27. The summed E-state index contributed by atoms with van der Waals surface area (Å²) in [6.07, 6.45) is 3.28. The fourth-order valence-electron chi connectivity index (χ4n) is 2.04. The summed E-state index contributed by atoms with van der Waals surface area (Å²) < 4.78 is 1.49. The SMILES string of the molecule is CCN(CC(C)(C)O)C(=O)Nc1ccn(-c2ncccc2Cl)n1. The average Bonchev–Trinajstić information content (AvgIpc) is 2.92. The first-order valence-electron chi connectivity index (χ1n) is 7.25. The molecule has 8 heteroatoms. The number of hydrogen-bond donors (Lipinski definition) is 2. The molecule has 7 nitrogen and oxygen atoms in total. The van der Waals surface area contributed by atoms with Crippen LogP contribution in [0.25, 0.3) is 5.82 Å². The molecule has 2 rings (SSSR count). The summed E-state index contributed by atoms with van der Waals surface area (Å²) in [5.41, 5.74) is -0.964. The first kappa shape index (κ1) is 17.2. The van der Waals surface area contributed by atoms with Crippen molar-refractivity contribution in [3.05, 3.63) is 35.6 Å². The van der Waals surface area contributed by atoms with Gasteiger partial charge in [0.25, 0.3) is 0 Å². The molecular formula is C15H20ClN5O2. The molecule has 0 aliphatic rings. The molecule has 0 bridgehead atoms. The molecule has 2 amide bonds. The molecule has 2 aromatic rings. The van der Waals surface area contributed by atoms with Crippen molar-refractivity contribution in [3.63, 3.8) is 0 Å². The van der Waals surface area contributed by atoms with Crippen molar-refractivity contribution in [2.75, 3.05) is 18.4 Å². The Morgan fingerprint density at radius 1 is 1.48 bits per heavy atom. The molecule has 0 aliphatic carbocycles. The van der Waals surface area contributed by atoms with Gasteiger partial charge >= 0.3 is 6.03 Å². The van der Waals surface area contributed by atoms with E-state index in [-0.39, 0.29) is 12.6 Å². The second-order valence-electron chi connectivity index (χ2n) is 5.71. The van der Waals surface area contributed by atoms with Gasteiger partial charge in [0, 0.05) is 25.0 Å². The molecule has 0 radical (unpaired) electrons. The minimum atomic E-state index is -0.964. The van der Waals surface area contributed by atoms with E-state index in [4.69, 9.17) is 11.6 Å². The van der Waals surface area contributed by atoms with Gasteiger partial charge in [-0.15, -0.1) is 5.10 Å². The van der Waals surface area contributed by atoms with E-state index in [1.165, 1.54) is 9.58 Å². The maximum absolute atomic E-state index is 12.2. The molecule has 0 saturated heterocycles. The van der Waals surface area contributed by atoms with Crippen LogP contribution in [-0.2, 0) is 0 Å². The standard InChI is InChI=1S/C15H20ClN5O2/c1-4-20(10-15(2,3)23)14(22)18-12-7-9-21(19-12)13-11(16)6-5-8-17-13/h5-9,23H,4,10H2,1-3H3,(H,18,19,22). The minimum absolute atomic E-state index is 0.224. The quantitative estimate of drug-likeness (QED) is 0.878. The summed E-state index contributed by atoms with van der Waals surface area (Å²) in [6, 6.07) is 4.77. The lowest BCUT2D eigenvalue weighted by atomic mass is 10.1. The Labute approximate surface area is 139 Å². The highest BCUT2D eigenvalue weighted by Crippen LogP contribution is 2.17. The van der Waals surface area contributed by atoms with Crippen LogP contribution in [0.4, 0.5) is 10.6 Å². The van der Waals surface area contributed by atoms with E-state index in [2.05, 4.69) is 15.4 Å². The van der Waals surface area contributed by atoms with Crippen LogP contribution in [0.15, 0.2) is 30.6 Å². The van der Waals surface area contributed by atoms with E-state index < -0.39 is 5.60 Å². The lowest BCUT2D eigenvalue weighted by Crippen LogP contribution is -2.44. The molecule has 0 saturated carbocycles. The first-order valence-corrected chi connectivity index (χ1v) is 7.63. The molecule has 2 aromatic heterocycles. The summed E-state index contributed by atoms with van der Waals surface area (Å²) in [6.45, 7) is 5.85. The molecule has 0 aromatic carbocycles. The number of likely N-dealkylation sites (N-methyl/N-ethyl adjacent to an activating group) is 1. The van der Waals surface area contributed by atoms with E-state index in [0.29, 0.717) is 23.2 Å². The third-order valence-corrected chi connectivity index (χ3v) is 3.32. The van der Waals surface area contributed by atoms with Gasteiger partial charge in [-0.1, -0.05) is 11.6 Å². The van der Waals surface area contributed by atoms with Crippen molar-refractivity contribution in [3.8, 4) is 5.82 Å². The molecule has 0 aliphatic heterocycles. The Balaban J connectivity index is 2.09. The third kappa shape index (κ3) is 4.67. The summed E-state index contributed by atoms with van der Waals surface area (Å²) in [4.78, 5) is 17.9. The van der Waals surface area contributed by atoms with Crippen molar-refractivity contribution in [1.29, 1.82) is 0 Å². The van der Waals surface area contributed by atoms with Crippen molar-refractivity contribution in [1.82, 2.24) is 19.7 Å². The summed E-state index contributed by atoms with van der Waals surface area (Å²) >= 11 is 6.07. The van der Waals surface area contributed by atoms with Gasteiger partial charge in [0.15, 0.2) is 11.6 Å². The highest BCUT2D eigenvalue weighted by Gasteiger charge is 2.21. The van der Waals surface area contributed by atoms with Crippen LogP contribution in [0.2, 0.25) is 5.02 Å². The number of halogens is 1. The molecule has 0 atom stereocenters. The summed E-state index contributed by atoms with van der Waals surface area (Å²) in [5, 5.41) is 17.3. The number of carbonyl (C=O) groups is 1. The van der Waals surface area contributed by atoms with Gasteiger partial charge in [0.1, 0.15) is 0 Å². The van der Waals surface area contributed by atoms with Crippen LogP contribution in [0.5, 0.6) is 0 Å². The first-order chi connectivity index (χ1) is 10.8. The Hall–Kier alpha value is -2.12. The lowest BCUT2D eigenvalue weighted by molar-refractivity contribution is 0.0501.